The smallest absolute Gasteiger partial charge is 0.331 e. The molecule has 2 aliphatic rings. The Balaban J connectivity index is 2.33. The largest absolute Gasteiger partial charge is 0.467 e. The zero-order valence-corrected chi connectivity index (χ0v) is 16.8. The Morgan fingerprint density at radius 1 is 0.786 bits per heavy atom. The quantitative estimate of drug-likeness (QED) is 0.683. The van der Waals surface area contributed by atoms with Gasteiger partial charge in [-0.3, -0.25) is 9.59 Å². The van der Waals surface area contributed by atoms with Crippen molar-refractivity contribution in [3.8, 4) is 0 Å². The highest BCUT2D eigenvalue weighted by atomic mass is 16.5. The first kappa shape index (κ1) is 21.7. The molecule has 0 aromatic carbocycles. The Hall–Kier alpha value is -2.64. The lowest BCUT2D eigenvalue weighted by Crippen LogP contribution is -2.57. The number of hydrogen-bond acceptors (Lipinski definition) is 6. The number of amides is 2. The molecule has 0 radical (unpaired) electrons. The lowest BCUT2D eigenvalue weighted by Gasteiger charge is -2.39. The molecule has 0 bridgehead atoms. The van der Waals surface area contributed by atoms with Crippen LogP contribution in [0.2, 0.25) is 0 Å². The highest BCUT2D eigenvalue weighted by molar-refractivity contribution is 5.89. The van der Waals surface area contributed by atoms with Gasteiger partial charge in [0.1, 0.15) is 11.1 Å². The summed E-state index contributed by atoms with van der Waals surface area (Å²) in [4.78, 5) is 48.4. The molecule has 0 unspecified atom stereocenters. The van der Waals surface area contributed by atoms with Gasteiger partial charge >= 0.3 is 11.9 Å². The molecule has 0 spiro atoms. The highest BCUT2D eigenvalue weighted by Crippen LogP contribution is 2.39. The van der Waals surface area contributed by atoms with Crippen molar-refractivity contribution in [2.45, 2.75) is 63.5 Å². The fourth-order valence-corrected chi connectivity index (χ4v) is 4.17. The Labute approximate surface area is 164 Å². The van der Waals surface area contributed by atoms with Gasteiger partial charge in [-0.2, -0.15) is 0 Å². The molecule has 154 valence electrons. The summed E-state index contributed by atoms with van der Waals surface area (Å²) in [5.74, 6) is -1.62. The van der Waals surface area contributed by atoms with E-state index in [0.717, 1.165) is 11.1 Å². The molecule has 28 heavy (non-hydrogen) atoms. The minimum Gasteiger partial charge on any atom is -0.467 e. The molecule has 0 saturated heterocycles. The van der Waals surface area contributed by atoms with Crippen molar-refractivity contribution in [3.05, 3.63) is 23.3 Å². The summed E-state index contributed by atoms with van der Waals surface area (Å²) in [5.41, 5.74) is -0.539. The summed E-state index contributed by atoms with van der Waals surface area (Å²) in [5, 5.41) is 5.52. The summed E-state index contributed by atoms with van der Waals surface area (Å²) < 4.78 is 9.89. The van der Waals surface area contributed by atoms with E-state index in [1.807, 2.05) is 12.2 Å². The molecule has 2 atom stereocenters. The van der Waals surface area contributed by atoms with Crippen LogP contribution in [0.25, 0.3) is 0 Å². The van der Waals surface area contributed by atoms with E-state index in [4.69, 9.17) is 9.47 Å². The minimum atomic E-state index is -1.13. The van der Waals surface area contributed by atoms with Gasteiger partial charge in [0.05, 0.1) is 14.2 Å². The first-order valence-electron chi connectivity index (χ1n) is 9.31. The van der Waals surface area contributed by atoms with Crippen LogP contribution in [-0.2, 0) is 28.7 Å². The molecular weight excluding hydrogens is 364 g/mol. The third kappa shape index (κ3) is 4.43. The van der Waals surface area contributed by atoms with Crippen molar-refractivity contribution in [2.75, 3.05) is 14.2 Å². The van der Waals surface area contributed by atoms with Crippen LogP contribution < -0.4 is 10.6 Å². The van der Waals surface area contributed by atoms with Crippen molar-refractivity contribution < 1.29 is 28.7 Å². The number of rotatable bonds is 5. The van der Waals surface area contributed by atoms with Crippen LogP contribution in [0.3, 0.4) is 0 Å². The van der Waals surface area contributed by atoms with Crippen LogP contribution in [0.4, 0.5) is 0 Å². The average Bonchev–Trinajstić information content (AvgIpc) is 2.65. The normalized spacial score (nSPS) is 27.0. The van der Waals surface area contributed by atoms with Crippen LogP contribution in [0.15, 0.2) is 23.3 Å². The molecule has 2 aliphatic carbocycles. The summed E-state index contributed by atoms with van der Waals surface area (Å²) in [6, 6.07) is 0. The maximum Gasteiger partial charge on any atom is 0.331 e. The topological polar surface area (TPSA) is 111 Å². The molecule has 8 nitrogen and oxygen atoms in total. The van der Waals surface area contributed by atoms with Crippen molar-refractivity contribution >= 4 is 23.8 Å². The van der Waals surface area contributed by atoms with Gasteiger partial charge in [0.15, 0.2) is 0 Å². The minimum absolute atomic E-state index is 0.266. The van der Waals surface area contributed by atoms with E-state index in [1.54, 1.807) is 0 Å². The average molecular weight is 392 g/mol. The number of methoxy groups -OCH3 is 2. The van der Waals surface area contributed by atoms with Gasteiger partial charge in [-0.05, 0) is 36.8 Å². The molecule has 2 rings (SSSR count). The van der Waals surface area contributed by atoms with Crippen LogP contribution in [0.5, 0.6) is 0 Å². The number of nitrogens with one attached hydrogen (secondary N) is 2. The third-order valence-electron chi connectivity index (χ3n) is 5.30. The number of esters is 2. The number of carbonyl (C=O) groups is 4. The Kier molecular flexibility index (Phi) is 6.64. The second kappa shape index (κ2) is 8.58. The fraction of sp³-hybridized carbons (Fsp3) is 0.600. The van der Waals surface area contributed by atoms with Gasteiger partial charge in [-0.25, -0.2) is 9.59 Å². The summed E-state index contributed by atoms with van der Waals surface area (Å²) in [6.07, 6.45) is 6.57. The Morgan fingerprint density at radius 3 is 1.43 bits per heavy atom. The van der Waals surface area contributed by atoms with E-state index in [0.29, 0.717) is 25.7 Å². The van der Waals surface area contributed by atoms with Gasteiger partial charge < -0.3 is 20.1 Å². The van der Waals surface area contributed by atoms with E-state index in [9.17, 15) is 19.2 Å². The second-order valence-corrected chi connectivity index (χ2v) is 7.40. The highest BCUT2D eigenvalue weighted by Gasteiger charge is 2.46. The zero-order chi connectivity index (χ0) is 20.9. The van der Waals surface area contributed by atoms with Gasteiger partial charge in [0, 0.05) is 26.7 Å². The number of allylic oxidation sites excluding steroid dienone is 2. The molecular formula is C20H28N2O6. The summed E-state index contributed by atoms with van der Waals surface area (Å²) in [7, 11) is 2.59. The SMILES string of the molecule is COC(=O)[C@@]1(NC(C)=O)CCC=C(C2=CCC[C@](NC(C)=O)(C(=O)OC)C2)C1. The van der Waals surface area contributed by atoms with Crippen molar-refractivity contribution in [3.63, 3.8) is 0 Å². The number of hydrogen-bond donors (Lipinski definition) is 2. The molecule has 0 aromatic heterocycles. The first-order valence-corrected chi connectivity index (χ1v) is 9.31. The second-order valence-electron chi connectivity index (χ2n) is 7.40. The van der Waals surface area contributed by atoms with Gasteiger partial charge in [-0.15, -0.1) is 0 Å². The number of ether oxygens (including phenoxy) is 2. The maximum atomic E-state index is 12.5. The molecule has 8 heteroatoms. The molecule has 2 amide bonds. The van der Waals surface area contributed by atoms with Crippen molar-refractivity contribution in [2.24, 2.45) is 0 Å². The van der Waals surface area contributed by atoms with E-state index in [-0.39, 0.29) is 24.7 Å². The molecule has 2 N–H and O–H groups in total. The lowest BCUT2D eigenvalue weighted by atomic mass is 9.73. The Bertz CT molecular complexity index is 679. The van der Waals surface area contributed by atoms with Crippen molar-refractivity contribution in [1.82, 2.24) is 10.6 Å². The molecule has 0 heterocycles. The van der Waals surface area contributed by atoms with E-state index in [1.165, 1.54) is 28.1 Å². The summed E-state index contributed by atoms with van der Waals surface area (Å²) >= 11 is 0. The summed E-state index contributed by atoms with van der Waals surface area (Å²) in [6.45, 7) is 2.73. The molecule has 0 fully saturated rings. The standard InChI is InChI=1S/C20H28N2O6/c1-13(23)21-19(17(25)27-3)9-5-7-15(11-19)16-8-6-10-20(12-16,18(26)28-4)22-14(2)24/h7-8H,5-6,9-12H2,1-4H3,(H,21,23)(H,22,24)/t19-,20-/m1/s1. The van der Waals surface area contributed by atoms with Crippen LogP contribution in [-0.4, -0.2) is 49.1 Å². The van der Waals surface area contributed by atoms with Crippen LogP contribution in [0, 0.1) is 0 Å². The predicted octanol–water partition coefficient (Wildman–Crippen LogP) is 1.30. The van der Waals surface area contributed by atoms with E-state index >= 15 is 0 Å². The van der Waals surface area contributed by atoms with Gasteiger partial charge in [0.25, 0.3) is 0 Å². The van der Waals surface area contributed by atoms with Crippen LogP contribution in [0.1, 0.15) is 52.4 Å². The van der Waals surface area contributed by atoms with Gasteiger partial charge in [0.2, 0.25) is 11.8 Å². The first-order chi connectivity index (χ1) is 13.2. The number of carbonyl (C=O) groups excluding carboxylic acids is 4. The Morgan fingerprint density at radius 2 is 1.14 bits per heavy atom. The van der Waals surface area contributed by atoms with E-state index < -0.39 is 23.0 Å². The lowest BCUT2D eigenvalue weighted by molar-refractivity contribution is -0.152. The molecule has 0 aromatic rings. The maximum absolute atomic E-state index is 12.5. The van der Waals surface area contributed by atoms with E-state index in [2.05, 4.69) is 10.6 Å². The van der Waals surface area contributed by atoms with Crippen LogP contribution >= 0.6 is 0 Å². The fourth-order valence-electron chi connectivity index (χ4n) is 4.17. The molecule has 0 saturated carbocycles. The predicted molar refractivity (Wildman–Crippen MR) is 101 cm³/mol. The third-order valence-corrected chi connectivity index (χ3v) is 5.30. The zero-order valence-electron chi connectivity index (χ0n) is 16.8. The van der Waals surface area contributed by atoms with Gasteiger partial charge in [-0.1, -0.05) is 12.2 Å². The van der Waals surface area contributed by atoms with Crippen molar-refractivity contribution in [1.29, 1.82) is 0 Å². The monoisotopic (exact) mass is 392 g/mol. The molecule has 0 aliphatic heterocycles.